The van der Waals surface area contributed by atoms with Crippen molar-refractivity contribution in [2.45, 2.75) is 6.92 Å². The SMILES string of the molecule is CCOC(=O)c1cc(-c2ccc(OC)cc2)c(OCCO)cc1-c1cccc(Cl)c1. The molecule has 30 heavy (non-hydrogen) atoms. The van der Waals surface area contributed by atoms with Crippen molar-refractivity contribution in [2.24, 2.45) is 0 Å². The molecule has 0 atom stereocenters. The number of hydrogen-bond donors (Lipinski definition) is 1. The predicted molar refractivity (Wildman–Crippen MR) is 117 cm³/mol. The molecule has 3 aromatic rings. The van der Waals surface area contributed by atoms with E-state index in [-0.39, 0.29) is 19.8 Å². The van der Waals surface area contributed by atoms with Gasteiger partial charge in [0.05, 0.1) is 25.9 Å². The van der Waals surface area contributed by atoms with Crippen LogP contribution >= 0.6 is 11.6 Å². The second kappa shape index (κ2) is 10.1. The summed E-state index contributed by atoms with van der Waals surface area (Å²) >= 11 is 6.17. The summed E-state index contributed by atoms with van der Waals surface area (Å²) < 4.78 is 16.3. The number of carbonyl (C=O) groups excluding carboxylic acids is 1. The Balaban J connectivity index is 2.22. The molecular weight excluding hydrogens is 404 g/mol. The summed E-state index contributed by atoms with van der Waals surface area (Å²) in [6.07, 6.45) is 0. The minimum Gasteiger partial charge on any atom is -0.497 e. The minimum absolute atomic E-state index is 0.122. The van der Waals surface area contributed by atoms with Gasteiger partial charge in [-0.05, 0) is 60.0 Å². The van der Waals surface area contributed by atoms with Crippen molar-refractivity contribution in [1.82, 2.24) is 0 Å². The molecule has 3 rings (SSSR count). The number of benzene rings is 3. The summed E-state index contributed by atoms with van der Waals surface area (Å²) in [5.41, 5.74) is 3.36. The third kappa shape index (κ3) is 4.93. The molecule has 0 fully saturated rings. The van der Waals surface area contributed by atoms with Gasteiger partial charge in [0.2, 0.25) is 0 Å². The van der Waals surface area contributed by atoms with E-state index in [0.29, 0.717) is 27.5 Å². The average Bonchev–Trinajstić information content (AvgIpc) is 2.77. The fourth-order valence-corrected chi connectivity index (χ4v) is 3.31. The quantitative estimate of drug-likeness (QED) is 0.499. The molecule has 0 aromatic heterocycles. The Hall–Kier alpha value is -3.02. The van der Waals surface area contributed by atoms with Crippen LogP contribution in [0.25, 0.3) is 22.3 Å². The summed E-state index contributed by atoms with van der Waals surface area (Å²) in [5.74, 6) is 0.825. The number of ether oxygens (including phenoxy) is 3. The van der Waals surface area contributed by atoms with Gasteiger partial charge in [0.15, 0.2) is 0 Å². The normalized spacial score (nSPS) is 10.5. The molecule has 0 spiro atoms. The van der Waals surface area contributed by atoms with Crippen LogP contribution in [0.2, 0.25) is 5.02 Å². The predicted octanol–water partition coefficient (Wildman–Crippen LogP) is 5.23. The first-order valence-electron chi connectivity index (χ1n) is 9.56. The van der Waals surface area contributed by atoms with Crippen LogP contribution in [0.5, 0.6) is 11.5 Å². The van der Waals surface area contributed by atoms with E-state index in [1.165, 1.54) is 0 Å². The molecule has 0 aliphatic heterocycles. The Morgan fingerprint density at radius 3 is 2.40 bits per heavy atom. The van der Waals surface area contributed by atoms with Gasteiger partial charge in [-0.15, -0.1) is 0 Å². The second-order valence-electron chi connectivity index (χ2n) is 6.43. The van der Waals surface area contributed by atoms with E-state index < -0.39 is 5.97 Å². The third-order valence-electron chi connectivity index (χ3n) is 4.50. The monoisotopic (exact) mass is 426 g/mol. The van der Waals surface area contributed by atoms with Gasteiger partial charge in [-0.25, -0.2) is 4.79 Å². The van der Waals surface area contributed by atoms with Crippen molar-refractivity contribution in [3.05, 3.63) is 71.2 Å². The molecule has 6 heteroatoms. The third-order valence-corrected chi connectivity index (χ3v) is 4.74. The summed E-state index contributed by atoms with van der Waals surface area (Å²) in [4.78, 5) is 12.8. The highest BCUT2D eigenvalue weighted by Crippen LogP contribution is 2.38. The molecule has 0 amide bonds. The first kappa shape index (κ1) is 21.7. The van der Waals surface area contributed by atoms with Gasteiger partial charge in [0.25, 0.3) is 0 Å². The van der Waals surface area contributed by atoms with Crippen LogP contribution in [0.4, 0.5) is 0 Å². The number of methoxy groups -OCH3 is 1. The fraction of sp³-hybridized carbons (Fsp3) is 0.208. The lowest BCUT2D eigenvalue weighted by Gasteiger charge is -2.17. The second-order valence-corrected chi connectivity index (χ2v) is 6.86. The Morgan fingerprint density at radius 1 is 1.00 bits per heavy atom. The lowest BCUT2D eigenvalue weighted by atomic mass is 9.94. The standard InChI is InChI=1S/C24H23ClO5/c1-3-29-24(27)22-14-21(16-7-9-19(28-2)10-8-16)23(30-12-11-26)15-20(22)17-5-4-6-18(25)13-17/h4-10,13-15,26H,3,11-12H2,1-2H3. The Bertz CT molecular complexity index is 1010. The van der Waals surface area contributed by atoms with Crippen molar-refractivity contribution in [3.8, 4) is 33.8 Å². The van der Waals surface area contributed by atoms with E-state index in [1.54, 1.807) is 38.3 Å². The van der Waals surface area contributed by atoms with E-state index in [4.69, 9.17) is 25.8 Å². The van der Waals surface area contributed by atoms with Crippen molar-refractivity contribution < 1.29 is 24.1 Å². The highest BCUT2D eigenvalue weighted by atomic mass is 35.5. The number of halogens is 1. The van der Waals surface area contributed by atoms with Gasteiger partial charge < -0.3 is 19.3 Å². The van der Waals surface area contributed by atoms with Gasteiger partial charge in [-0.1, -0.05) is 35.9 Å². The lowest BCUT2D eigenvalue weighted by molar-refractivity contribution is 0.0527. The molecule has 0 radical (unpaired) electrons. The maximum Gasteiger partial charge on any atom is 0.338 e. The van der Waals surface area contributed by atoms with E-state index >= 15 is 0 Å². The maximum absolute atomic E-state index is 12.8. The highest BCUT2D eigenvalue weighted by molar-refractivity contribution is 6.30. The zero-order valence-corrected chi connectivity index (χ0v) is 17.6. The molecule has 0 saturated carbocycles. The fourth-order valence-electron chi connectivity index (χ4n) is 3.12. The van der Waals surface area contributed by atoms with Crippen LogP contribution in [-0.2, 0) is 4.74 Å². The Morgan fingerprint density at radius 2 is 1.77 bits per heavy atom. The van der Waals surface area contributed by atoms with E-state index in [9.17, 15) is 9.90 Å². The average molecular weight is 427 g/mol. The van der Waals surface area contributed by atoms with Gasteiger partial charge in [-0.3, -0.25) is 0 Å². The maximum atomic E-state index is 12.8. The molecule has 5 nitrogen and oxygen atoms in total. The Kier molecular flexibility index (Phi) is 7.33. The van der Waals surface area contributed by atoms with Crippen molar-refractivity contribution in [2.75, 3.05) is 26.9 Å². The number of rotatable bonds is 8. The zero-order chi connectivity index (χ0) is 21.5. The van der Waals surface area contributed by atoms with E-state index in [0.717, 1.165) is 16.9 Å². The van der Waals surface area contributed by atoms with Crippen molar-refractivity contribution >= 4 is 17.6 Å². The van der Waals surface area contributed by atoms with Crippen LogP contribution < -0.4 is 9.47 Å². The van der Waals surface area contributed by atoms with E-state index in [1.807, 2.05) is 36.4 Å². The minimum atomic E-state index is -0.434. The van der Waals surface area contributed by atoms with Crippen LogP contribution in [0, 0.1) is 0 Å². The highest BCUT2D eigenvalue weighted by Gasteiger charge is 2.20. The van der Waals surface area contributed by atoms with Gasteiger partial charge >= 0.3 is 5.97 Å². The summed E-state index contributed by atoms with van der Waals surface area (Å²) in [6.45, 7) is 2.01. The van der Waals surface area contributed by atoms with Crippen molar-refractivity contribution in [1.29, 1.82) is 0 Å². The van der Waals surface area contributed by atoms with Crippen LogP contribution in [0.15, 0.2) is 60.7 Å². The van der Waals surface area contributed by atoms with E-state index in [2.05, 4.69) is 0 Å². The molecule has 0 aliphatic carbocycles. The van der Waals surface area contributed by atoms with Gasteiger partial charge in [0, 0.05) is 10.6 Å². The molecule has 0 saturated heterocycles. The molecule has 0 heterocycles. The lowest BCUT2D eigenvalue weighted by Crippen LogP contribution is -2.09. The number of aliphatic hydroxyl groups is 1. The largest absolute Gasteiger partial charge is 0.497 e. The summed E-state index contributed by atoms with van der Waals surface area (Å²) in [5, 5.41) is 9.81. The Labute approximate surface area is 180 Å². The first-order valence-corrected chi connectivity index (χ1v) is 9.94. The number of aliphatic hydroxyl groups excluding tert-OH is 1. The molecule has 156 valence electrons. The topological polar surface area (TPSA) is 65.0 Å². The number of carbonyl (C=O) groups is 1. The van der Waals surface area contributed by atoms with Gasteiger partial charge in [0.1, 0.15) is 18.1 Å². The molecule has 3 aromatic carbocycles. The summed E-state index contributed by atoms with van der Waals surface area (Å²) in [7, 11) is 1.60. The number of hydrogen-bond acceptors (Lipinski definition) is 5. The smallest absolute Gasteiger partial charge is 0.338 e. The first-order chi connectivity index (χ1) is 14.6. The molecule has 0 unspecified atom stereocenters. The van der Waals surface area contributed by atoms with Crippen LogP contribution in [-0.4, -0.2) is 38.0 Å². The summed E-state index contributed by atoms with van der Waals surface area (Å²) in [6, 6.07) is 18.2. The van der Waals surface area contributed by atoms with Gasteiger partial charge in [-0.2, -0.15) is 0 Å². The molecule has 0 aliphatic rings. The zero-order valence-electron chi connectivity index (χ0n) is 16.9. The van der Waals surface area contributed by atoms with Crippen LogP contribution in [0.1, 0.15) is 17.3 Å². The van der Waals surface area contributed by atoms with Crippen LogP contribution in [0.3, 0.4) is 0 Å². The molecule has 1 N–H and O–H groups in total. The number of esters is 1. The molecule has 0 bridgehead atoms. The molecular formula is C24H23ClO5. The van der Waals surface area contributed by atoms with Crippen molar-refractivity contribution in [3.63, 3.8) is 0 Å².